The van der Waals surface area contributed by atoms with Crippen molar-refractivity contribution in [1.29, 1.82) is 0 Å². The normalized spacial score (nSPS) is 12.5. The van der Waals surface area contributed by atoms with Crippen molar-refractivity contribution in [1.82, 2.24) is 0 Å². The van der Waals surface area contributed by atoms with Gasteiger partial charge in [-0.2, -0.15) is 0 Å². The molecule has 1 N–H and O–H groups in total. The van der Waals surface area contributed by atoms with E-state index in [4.69, 9.17) is 0 Å². The number of benzene rings is 2. The van der Waals surface area contributed by atoms with Gasteiger partial charge < -0.3 is 5.11 Å². The van der Waals surface area contributed by atoms with Crippen molar-refractivity contribution in [3.8, 4) is 0 Å². The Morgan fingerprint density at radius 1 is 0.944 bits per heavy atom. The smallest absolute Gasteiger partial charge is 0.161 e. The molecule has 94 valence electrons. The maximum atomic E-state index is 13.5. The standard InChI is InChI=1S/C14H11F3O/c1-8-3-2-4-9(5-8)14(18)10-6-12(16)13(17)7-11(10)15/h2-7,14,18H,1H3. The molecular weight excluding hydrogens is 241 g/mol. The summed E-state index contributed by atoms with van der Waals surface area (Å²) in [4.78, 5) is 0. The summed E-state index contributed by atoms with van der Waals surface area (Å²) >= 11 is 0. The largest absolute Gasteiger partial charge is 0.384 e. The monoisotopic (exact) mass is 252 g/mol. The minimum Gasteiger partial charge on any atom is -0.384 e. The Labute approximate surface area is 103 Å². The molecule has 4 heteroatoms. The van der Waals surface area contributed by atoms with Crippen LogP contribution in [0.1, 0.15) is 22.8 Å². The third-order valence-electron chi connectivity index (χ3n) is 2.69. The molecule has 0 spiro atoms. The van der Waals surface area contributed by atoms with Crippen LogP contribution in [0.15, 0.2) is 36.4 Å². The maximum absolute atomic E-state index is 13.5. The first-order valence-corrected chi connectivity index (χ1v) is 5.38. The van der Waals surface area contributed by atoms with Crippen LogP contribution in [0, 0.1) is 24.4 Å². The molecule has 1 nitrogen and oxygen atoms in total. The van der Waals surface area contributed by atoms with Gasteiger partial charge in [0.05, 0.1) is 0 Å². The van der Waals surface area contributed by atoms with Crippen LogP contribution < -0.4 is 0 Å². The summed E-state index contributed by atoms with van der Waals surface area (Å²) in [5.41, 5.74) is 1.04. The number of aliphatic hydroxyl groups is 1. The summed E-state index contributed by atoms with van der Waals surface area (Å²) < 4.78 is 39.4. The molecule has 0 bridgehead atoms. The van der Waals surface area contributed by atoms with E-state index in [-0.39, 0.29) is 5.56 Å². The van der Waals surface area contributed by atoms with Crippen LogP contribution in [-0.2, 0) is 0 Å². The SMILES string of the molecule is Cc1cccc(C(O)c2cc(F)c(F)cc2F)c1. The molecule has 0 saturated carbocycles. The van der Waals surface area contributed by atoms with Crippen molar-refractivity contribution in [2.45, 2.75) is 13.0 Å². The maximum Gasteiger partial charge on any atom is 0.161 e. The summed E-state index contributed by atoms with van der Waals surface area (Å²) in [7, 11) is 0. The van der Waals surface area contributed by atoms with E-state index < -0.39 is 23.6 Å². The molecule has 0 heterocycles. The zero-order chi connectivity index (χ0) is 13.3. The second kappa shape index (κ2) is 4.82. The van der Waals surface area contributed by atoms with Gasteiger partial charge in [0.15, 0.2) is 11.6 Å². The second-order valence-corrected chi connectivity index (χ2v) is 4.10. The van der Waals surface area contributed by atoms with Crippen molar-refractivity contribution < 1.29 is 18.3 Å². The van der Waals surface area contributed by atoms with Gasteiger partial charge in [-0.1, -0.05) is 29.8 Å². The first kappa shape index (κ1) is 12.6. The minimum atomic E-state index is -1.32. The fraction of sp³-hybridized carbons (Fsp3) is 0.143. The molecule has 1 unspecified atom stereocenters. The average Bonchev–Trinajstić information content (AvgIpc) is 2.33. The molecule has 0 amide bonds. The van der Waals surface area contributed by atoms with E-state index in [1.807, 2.05) is 13.0 Å². The van der Waals surface area contributed by atoms with Gasteiger partial charge in [-0.25, -0.2) is 13.2 Å². The highest BCUT2D eigenvalue weighted by Gasteiger charge is 2.18. The molecule has 0 radical (unpaired) electrons. The zero-order valence-electron chi connectivity index (χ0n) is 9.62. The predicted octanol–water partition coefficient (Wildman–Crippen LogP) is 3.49. The average molecular weight is 252 g/mol. The van der Waals surface area contributed by atoms with Gasteiger partial charge in [0.2, 0.25) is 0 Å². The Hall–Kier alpha value is -1.81. The van der Waals surface area contributed by atoms with Crippen LogP contribution in [0.2, 0.25) is 0 Å². The summed E-state index contributed by atoms with van der Waals surface area (Å²) in [6, 6.07) is 7.88. The van der Waals surface area contributed by atoms with Gasteiger partial charge in [-0.3, -0.25) is 0 Å². The lowest BCUT2D eigenvalue weighted by atomic mass is 9.99. The minimum absolute atomic E-state index is 0.278. The summed E-state index contributed by atoms with van der Waals surface area (Å²) in [5.74, 6) is -3.42. The zero-order valence-corrected chi connectivity index (χ0v) is 9.62. The Balaban J connectivity index is 2.46. The van der Waals surface area contributed by atoms with E-state index in [1.165, 1.54) is 0 Å². The highest BCUT2D eigenvalue weighted by molar-refractivity contribution is 5.33. The topological polar surface area (TPSA) is 20.2 Å². The lowest BCUT2D eigenvalue weighted by Gasteiger charge is -2.13. The van der Waals surface area contributed by atoms with Gasteiger partial charge in [0, 0.05) is 11.6 Å². The van der Waals surface area contributed by atoms with Crippen LogP contribution in [0.3, 0.4) is 0 Å². The fourth-order valence-electron chi connectivity index (χ4n) is 1.77. The van der Waals surface area contributed by atoms with Gasteiger partial charge in [-0.05, 0) is 18.6 Å². The highest BCUT2D eigenvalue weighted by Crippen LogP contribution is 2.26. The number of rotatable bonds is 2. The van der Waals surface area contributed by atoms with Crippen LogP contribution in [0.5, 0.6) is 0 Å². The highest BCUT2D eigenvalue weighted by atomic mass is 19.2. The predicted molar refractivity (Wildman–Crippen MR) is 61.6 cm³/mol. The molecule has 0 saturated heterocycles. The molecule has 1 atom stereocenters. The quantitative estimate of drug-likeness (QED) is 0.811. The molecule has 0 aromatic heterocycles. The molecule has 2 aromatic carbocycles. The van der Waals surface area contributed by atoms with Gasteiger partial charge in [-0.15, -0.1) is 0 Å². The molecule has 0 aliphatic carbocycles. The number of hydrogen-bond donors (Lipinski definition) is 1. The van der Waals surface area contributed by atoms with Gasteiger partial charge in [0.25, 0.3) is 0 Å². The third-order valence-corrected chi connectivity index (χ3v) is 2.69. The van der Waals surface area contributed by atoms with E-state index in [0.717, 1.165) is 5.56 Å². The van der Waals surface area contributed by atoms with E-state index in [1.54, 1.807) is 18.2 Å². The molecular formula is C14H11F3O. The van der Waals surface area contributed by atoms with E-state index in [2.05, 4.69) is 0 Å². The molecule has 18 heavy (non-hydrogen) atoms. The van der Waals surface area contributed by atoms with Crippen LogP contribution in [-0.4, -0.2) is 5.11 Å². The summed E-state index contributed by atoms with van der Waals surface area (Å²) in [6.45, 7) is 1.82. The Kier molecular flexibility index (Phi) is 3.39. The lowest BCUT2D eigenvalue weighted by molar-refractivity contribution is 0.213. The van der Waals surface area contributed by atoms with Crippen molar-refractivity contribution >= 4 is 0 Å². The second-order valence-electron chi connectivity index (χ2n) is 4.10. The van der Waals surface area contributed by atoms with Crippen molar-refractivity contribution in [2.24, 2.45) is 0 Å². The first-order valence-electron chi connectivity index (χ1n) is 5.38. The van der Waals surface area contributed by atoms with E-state index >= 15 is 0 Å². The van der Waals surface area contributed by atoms with Gasteiger partial charge in [0.1, 0.15) is 11.9 Å². The van der Waals surface area contributed by atoms with Crippen LogP contribution in [0.4, 0.5) is 13.2 Å². The number of aliphatic hydroxyl groups excluding tert-OH is 1. The Morgan fingerprint density at radius 2 is 1.61 bits per heavy atom. The number of aryl methyl sites for hydroxylation is 1. The summed E-state index contributed by atoms with van der Waals surface area (Å²) in [6.07, 6.45) is -1.32. The third kappa shape index (κ3) is 2.38. The molecule has 0 aliphatic heterocycles. The Bertz CT molecular complexity index is 581. The van der Waals surface area contributed by atoms with E-state index in [9.17, 15) is 18.3 Å². The Morgan fingerprint density at radius 3 is 2.28 bits per heavy atom. The lowest BCUT2D eigenvalue weighted by Crippen LogP contribution is -2.04. The molecule has 0 fully saturated rings. The first-order chi connectivity index (χ1) is 8.49. The van der Waals surface area contributed by atoms with Crippen LogP contribution in [0.25, 0.3) is 0 Å². The molecule has 2 rings (SSSR count). The number of hydrogen-bond acceptors (Lipinski definition) is 1. The number of halogens is 3. The van der Waals surface area contributed by atoms with Gasteiger partial charge >= 0.3 is 0 Å². The molecule has 0 aliphatic rings. The molecule has 2 aromatic rings. The van der Waals surface area contributed by atoms with Crippen molar-refractivity contribution in [2.75, 3.05) is 0 Å². The summed E-state index contributed by atoms with van der Waals surface area (Å²) in [5, 5.41) is 9.98. The van der Waals surface area contributed by atoms with Crippen LogP contribution >= 0.6 is 0 Å². The van der Waals surface area contributed by atoms with E-state index in [0.29, 0.717) is 17.7 Å². The van der Waals surface area contributed by atoms with Crippen molar-refractivity contribution in [3.05, 3.63) is 70.5 Å². The fourth-order valence-corrected chi connectivity index (χ4v) is 1.77. The van der Waals surface area contributed by atoms with Crippen molar-refractivity contribution in [3.63, 3.8) is 0 Å².